The van der Waals surface area contributed by atoms with Crippen LogP contribution in [0, 0.1) is 11.3 Å². The molecule has 1 fully saturated rings. The highest BCUT2D eigenvalue weighted by Gasteiger charge is 2.52. The first-order chi connectivity index (χ1) is 8.42. The minimum Gasteiger partial charge on any atom is -0.365 e. The lowest BCUT2D eigenvalue weighted by atomic mass is 9.94. The van der Waals surface area contributed by atoms with E-state index in [1.807, 2.05) is 6.07 Å². The van der Waals surface area contributed by atoms with Gasteiger partial charge in [0.2, 0.25) is 0 Å². The van der Waals surface area contributed by atoms with Gasteiger partial charge in [0.15, 0.2) is 5.72 Å². The van der Waals surface area contributed by atoms with Crippen LogP contribution in [0.4, 0.5) is 4.79 Å². The third-order valence-electron chi connectivity index (χ3n) is 3.68. The van der Waals surface area contributed by atoms with Gasteiger partial charge < -0.3 is 10.0 Å². The number of benzene rings is 1. The number of aliphatic hydroxyl groups is 1. The predicted molar refractivity (Wildman–Crippen MR) is 65.4 cm³/mol. The van der Waals surface area contributed by atoms with Crippen molar-refractivity contribution in [2.75, 3.05) is 14.1 Å². The molecule has 2 amide bonds. The molecule has 0 aliphatic carbocycles. The highest BCUT2D eigenvalue weighted by atomic mass is 16.3. The van der Waals surface area contributed by atoms with E-state index in [0.717, 1.165) is 0 Å². The first kappa shape index (κ1) is 12.4. The quantitative estimate of drug-likeness (QED) is 0.805. The Hall–Kier alpha value is -2.06. The fourth-order valence-electron chi connectivity index (χ4n) is 2.35. The van der Waals surface area contributed by atoms with Crippen molar-refractivity contribution in [1.29, 1.82) is 5.26 Å². The van der Waals surface area contributed by atoms with E-state index in [2.05, 4.69) is 0 Å². The summed E-state index contributed by atoms with van der Waals surface area (Å²) in [6.45, 7) is 1.78. The molecule has 5 nitrogen and oxygen atoms in total. The van der Waals surface area contributed by atoms with Crippen LogP contribution < -0.4 is 0 Å². The monoisotopic (exact) mass is 245 g/mol. The molecule has 18 heavy (non-hydrogen) atoms. The zero-order valence-corrected chi connectivity index (χ0v) is 10.6. The van der Waals surface area contributed by atoms with E-state index < -0.39 is 5.72 Å². The number of nitrogens with zero attached hydrogens (tertiary/aromatic N) is 3. The third kappa shape index (κ3) is 1.46. The molecule has 5 heteroatoms. The molecule has 2 unspecified atom stereocenters. The molecular weight excluding hydrogens is 230 g/mol. The van der Waals surface area contributed by atoms with Crippen LogP contribution in [-0.2, 0) is 5.72 Å². The summed E-state index contributed by atoms with van der Waals surface area (Å²) in [6.07, 6.45) is 0. The second-order valence-electron chi connectivity index (χ2n) is 4.55. The van der Waals surface area contributed by atoms with Gasteiger partial charge in [-0.05, 0) is 19.1 Å². The van der Waals surface area contributed by atoms with E-state index in [4.69, 9.17) is 5.26 Å². The van der Waals surface area contributed by atoms with Crippen molar-refractivity contribution in [3.63, 3.8) is 0 Å². The van der Waals surface area contributed by atoms with Gasteiger partial charge in [0, 0.05) is 19.7 Å². The van der Waals surface area contributed by atoms with Crippen molar-refractivity contribution >= 4 is 6.03 Å². The maximum absolute atomic E-state index is 11.9. The first-order valence-electron chi connectivity index (χ1n) is 5.66. The van der Waals surface area contributed by atoms with E-state index in [1.165, 1.54) is 9.80 Å². The van der Waals surface area contributed by atoms with Gasteiger partial charge in [-0.25, -0.2) is 4.79 Å². The number of likely N-dealkylation sites (N-methyl/N-ethyl adjacent to an activating group) is 2. The average molecular weight is 245 g/mol. The lowest BCUT2D eigenvalue weighted by Gasteiger charge is -2.33. The Morgan fingerprint density at radius 2 is 2.11 bits per heavy atom. The number of hydrogen-bond donors (Lipinski definition) is 1. The molecule has 0 aromatic heterocycles. The Morgan fingerprint density at radius 3 is 2.61 bits per heavy atom. The topological polar surface area (TPSA) is 67.6 Å². The summed E-state index contributed by atoms with van der Waals surface area (Å²) >= 11 is 0. The maximum Gasteiger partial charge on any atom is 0.322 e. The van der Waals surface area contributed by atoms with E-state index in [0.29, 0.717) is 11.1 Å². The smallest absolute Gasteiger partial charge is 0.322 e. The molecule has 2 atom stereocenters. The van der Waals surface area contributed by atoms with Crippen molar-refractivity contribution in [2.45, 2.75) is 18.7 Å². The van der Waals surface area contributed by atoms with E-state index >= 15 is 0 Å². The maximum atomic E-state index is 11.9. The molecule has 2 rings (SSSR count). The van der Waals surface area contributed by atoms with Gasteiger partial charge in [-0.15, -0.1) is 0 Å². The van der Waals surface area contributed by atoms with Crippen molar-refractivity contribution in [3.05, 3.63) is 35.4 Å². The molecule has 1 saturated heterocycles. The van der Waals surface area contributed by atoms with Gasteiger partial charge >= 0.3 is 6.03 Å². The van der Waals surface area contributed by atoms with Crippen LogP contribution in [0.1, 0.15) is 18.1 Å². The van der Waals surface area contributed by atoms with Crippen LogP contribution in [0.25, 0.3) is 0 Å². The SMILES string of the molecule is CC1N(C)C(=O)N(C)C1(O)c1cccc(C#N)c1. The molecule has 1 heterocycles. The van der Waals surface area contributed by atoms with Crippen LogP contribution >= 0.6 is 0 Å². The summed E-state index contributed by atoms with van der Waals surface area (Å²) < 4.78 is 0. The second kappa shape index (κ2) is 4.00. The van der Waals surface area contributed by atoms with E-state index in [9.17, 15) is 9.90 Å². The normalized spacial score (nSPS) is 27.5. The minimum atomic E-state index is -1.40. The Kier molecular flexibility index (Phi) is 2.76. The molecule has 0 spiro atoms. The fraction of sp³-hybridized carbons (Fsp3) is 0.385. The largest absolute Gasteiger partial charge is 0.365 e. The summed E-state index contributed by atoms with van der Waals surface area (Å²) in [5.41, 5.74) is -0.392. The van der Waals surface area contributed by atoms with Gasteiger partial charge in [0.25, 0.3) is 0 Å². The van der Waals surface area contributed by atoms with Crippen LogP contribution in [-0.4, -0.2) is 41.1 Å². The summed E-state index contributed by atoms with van der Waals surface area (Å²) in [6, 6.07) is 8.10. The number of nitriles is 1. The van der Waals surface area contributed by atoms with Crippen LogP contribution in [0.5, 0.6) is 0 Å². The van der Waals surface area contributed by atoms with Crippen molar-refractivity contribution in [2.24, 2.45) is 0 Å². The third-order valence-corrected chi connectivity index (χ3v) is 3.68. The number of carbonyl (C=O) groups is 1. The lowest BCUT2D eigenvalue weighted by Crippen LogP contribution is -2.46. The highest BCUT2D eigenvalue weighted by Crippen LogP contribution is 2.37. The van der Waals surface area contributed by atoms with Crippen LogP contribution in [0.3, 0.4) is 0 Å². The van der Waals surface area contributed by atoms with Gasteiger partial charge in [0.05, 0.1) is 17.7 Å². The van der Waals surface area contributed by atoms with Gasteiger partial charge in [-0.1, -0.05) is 12.1 Å². The Labute approximate surface area is 106 Å². The standard InChI is InChI=1S/C13H15N3O2/c1-9-13(18,16(3)12(17)15(9)2)11-6-4-5-10(7-11)8-14/h4-7,9,18H,1-3H3. The molecule has 1 aromatic rings. The predicted octanol–water partition coefficient (Wildman–Crippen LogP) is 1.09. The first-order valence-corrected chi connectivity index (χ1v) is 5.66. The summed E-state index contributed by atoms with van der Waals surface area (Å²) in [5, 5.41) is 19.7. The molecular formula is C13H15N3O2. The van der Waals surface area contributed by atoms with Crippen LogP contribution in [0.15, 0.2) is 24.3 Å². The van der Waals surface area contributed by atoms with Crippen molar-refractivity contribution < 1.29 is 9.90 Å². The lowest BCUT2D eigenvalue weighted by molar-refractivity contribution is -0.0775. The molecule has 1 aromatic carbocycles. The molecule has 94 valence electrons. The zero-order chi connectivity index (χ0) is 13.5. The Bertz CT molecular complexity index is 537. The minimum absolute atomic E-state index is 0.243. The van der Waals surface area contributed by atoms with Crippen LogP contribution in [0.2, 0.25) is 0 Å². The Morgan fingerprint density at radius 1 is 1.44 bits per heavy atom. The molecule has 0 radical (unpaired) electrons. The number of carbonyl (C=O) groups excluding carboxylic acids is 1. The molecule has 1 aliphatic rings. The number of rotatable bonds is 1. The van der Waals surface area contributed by atoms with E-state index in [1.54, 1.807) is 45.3 Å². The average Bonchev–Trinajstić information content (AvgIpc) is 2.55. The molecule has 1 N–H and O–H groups in total. The van der Waals surface area contributed by atoms with E-state index in [-0.39, 0.29) is 12.1 Å². The van der Waals surface area contributed by atoms with Crippen molar-refractivity contribution in [1.82, 2.24) is 9.80 Å². The van der Waals surface area contributed by atoms with Gasteiger partial charge in [-0.2, -0.15) is 5.26 Å². The summed E-state index contributed by atoms with van der Waals surface area (Å²) in [5.74, 6) is 0. The molecule has 0 saturated carbocycles. The highest BCUT2D eigenvalue weighted by molar-refractivity contribution is 5.78. The van der Waals surface area contributed by atoms with Crippen molar-refractivity contribution in [3.8, 4) is 6.07 Å². The number of hydrogen-bond acceptors (Lipinski definition) is 3. The zero-order valence-electron chi connectivity index (χ0n) is 10.6. The Balaban J connectivity index is 2.54. The number of urea groups is 1. The molecule has 0 bridgehead atoms. The summed E-state index contributed by atoms with van der Waals surface area (Å²) in [7, 11) is 3.21. The van der Waals surface area contributed by atoms with Gasteiger partial charge in [0.1, 0.15) is 0 Å². The van der Waals surface area contributed by atoms with Gasteiger partial charge in [-0.3, -0.25) is 4.90 Å². The second-order valence-corrected chi connectivity index (χ2v) is 4.55. The number of amides is 2. The fourth-order valence-corrected chi connectivity index (χ4v) is 2.35. The summed E-state index contributed by atoms with van der Waals surface area (Å²) in [4.78, 5) is 14.7. The molecule has 1 aliphatic heterocycles.